The second kappa shape index (κ2) is 14.9. The number of esters is 4. The Morgan fingerprint density at radius 3 is 0.719 bits per heavy atom. The van der Waals surface area contributed by atoms with Gasteiger partial charge in [-0.3, -0.25) is 38.4 Å². The Hall–Kier alpha value is -1.45. The maximum absolute atomic E-state index is 11.4. The molecule has 0 spiro atoms. The molecular formula is C36H36Br4HfO16. The molecule has 0 aromatic carbocycles. The van der Waals surface area contributed by atoms with Crippen LogP contribution in [-0.2, 0) is 83.1 Å². The summed E-state index contributed by atoms with van der Waals surface area (Å²) in [7, 11) is 0. The van der Waals surface area contributed by atoms with Gasteiger partial charge in [-0.1, -0.05) is 63.7 Å². The number of aliphatic carboxylic acids is 4. The Balaban J connectivity index is 0.000000106. The van der Waals surface area contributed by atoms with E-state index in [9.17, 15) is 38.4 Å². The molecule has 8 saturated carbocycles. The number of halogens is 4. The van der Waals surface area contributed by atoms with Crippen molar-refractivity contribution in [3.8, 4) is 0 Å². The van der Waals surface area contributed by atoms with Crippen molar-refractivity contribution in [3.63, 3.8) is 0 Å². The summed E-state index contributed by atoms with van der Waals surface area (Å²) in [6.45, 7) is 0. The van der Waals surface area contributed by atoms with Crippen molar-refractivity contribution in [3.05, 3.63) is 0 Å². The van der Waals surface area contributed by atoms with Crippen LogP contribution in [0.15, 0.2) is 0 Å². The Kier molecular flexibility index (Phi) is 11.0. The third-order valence-electron chi connectivity index (χ3n) is 15.2. The first-order valence-electron chi connectivity index (χ1n) is 18.7. The zero-order chi connectivity index (χ0) is 40.1. The van der Waals surface area contributed by atoms with E-state index < -0.39 is 47.5 Å². The molecule has 12 rings (SSSR count). The van der Waals surface area contributed by atoms with Gasteiger partial charge in [-0.2, -0.15) is 0 Å². The topological polar surface area (TPSA) is 254 Å². The van der Waals surface area contributed by atoms with Crippen LogP contribution in [0.3, 0.4) is 0 Å². The number of carbonyl (C=O) groups is 8. The van der Waals surface area contributed by atoms with E-state index in [1.807, 2.05) is 0 Å². The van der Waals surface area contributed by atoms with Gasteiger partial charge >= 0.3 is 47.8 Å². The normalized spacial score (nSPS) is 52.7. The van der Waals surface area contributed by atoms with Gasteiger partial charge in [0.1, 0.15) is 24.4 Å². The molecule has 4 heterocycles. The minimum Gasteiger partial charge on any atom is -0.481 e. The molecule has 12 fully saturated rings. The van der Waals surface area contributed by atoms with Crippen LogP contribution in [0.25, 0.3) is 0 Å². The van der Waals surface area contributed by atoms with Gasteiger partial charge in [0.2, 0.25) is 0 Å². The number of rotatable bonds is 4. The summed E-state index contributed by atoms with van der Waals surface area (Å²) in [6, 6.07) is 0. The van der Waals surface area contributed by atoms with Crippen LogP contribution in [0.5, 0.6) is 0 Å². The molecule has 16 nitrogen and oxygen atoms in total. The minimum absolute atomic E-state index is 0. The third-order valence-corrected chi connectivity index (χ3v) is 20.0. The van der Waals surface area contributed by atoms with Crippen molar-refractivity contribution in [1.82, 2.24) is 0 Å². The van der Waals surface area contributed by atoms with Crippen LogP contribution in [0.2, 0.25) is 0 Å². The molecule has 308 valence electrons. The van der Waals surface area contributed by atoms with Crippen molar-refractivity contribution in [2.75, 3.05) is 0 Å². The van der Waals surface area contributed by atoms with Crippen LogP contribution in [0.1, 0.15) is 25.7 Å². The first kappa shape index (κ1) is 42.2. The SMILES string of the molecule is O=C(O)C1C2CC3C(OC(=O)C31)C2Br.O=C(O)C1C2CC3C(OC(=O)C31)C2Br.O=C(O)C1C2CC3C(OC(=O)C31)C2Br.O=C(O)C1C2CC3C(OC(=O)C31)C2Br.[Hf]. The molecular weight excluding hydrogens is 1190 g/mol. The van der Waals surface area contributed by atoms with Crippen LogP contribution in [0, 0.1) is 94.7 Å². The average Bonchev–Trinajstić information content (AvgIpc) is 3.98. The second-order valence-corrected chi connectivity index (χ2v) is 21.4. The smallest absolute Gasteiger partial charge is 0.310 e. The van der Waals surface area contributed by atoms with Gasteiger partial charge in [0, 0.05) is 49.5 Å². The fourth-order valence-corrected chi connectivity index (χ4v) is 17.4. The monoisotopic (exact) mass is 1220 g/mol. The number of hydrogen-bond donors (Lipinski definition) is 4. The van der Waals surface area contributed by atoms with Crippen molar-refractivity contribution < 1.29 is 104 Å². The number of hydrogen-bond acceptors (Lipinski definition) is 12. The Morgan fingerprint density at radius 1 is 0.386 bits per heavy atom. The fourth-order valence-electron chi connectivity index (χ4n) is 13.2. The molecule has 8 aliphatic carbocycles. The zero-order valence-corrected chi connectivity index (χ0v) is 39.3. The molecule has 12 aliphatic rings. The first-order valence-corrected chi connectivity index (χ1v) is 22.4. The molecule has 24 unspecified atom stereocenters. The van der Waals surface area contributed by atoms with E-state index in [0.717, 1.165) is 25.7 Å². The summed E-state index contributed by atoms with van der Waals surface area (Å²) in [6.07, 6.45) is 2.95. The van der Waals surface area contributed by atoms with Gasteiger partial charge in [-0.25, -0.2) is 0 Å². The third kappa shape index (κ3) is 5.99. The predicted octanol–water partition coefficient (Wildman–Crippen LogP) is 2.57. The van der Waals surface area contributed by atoms with Crippen molar-refractivity contribution >= 4 is 111 Å². The van der Waals surface area contributed by atoms with Crippen molar-refractivity contribution in [2.45, 2.75) is 69.4 Å². The molecule has 21 heteroatoms. The van der Waals surface area contributed by atoms with Crippen molar-refractivity contribution in [2.24, 2.45) is 94.7 Å². The molecule has 4 saturated heterocycles. The molecule has 8 bridgehead atoms. The summed E-state index contributed by atoms with van der Waals surface area (Å²) in [5, 5.41) is 36.2. The van der Waals surface area contributed by atoms with Gasteiger partial charge < -0.3 is 39.4 Å². The quantitative estimate of drug-likeness (QED) is 0.137. The van der Waals surface area contributed by atoms with E-state index in [1.165, 1.54) is 0 Å². The van der Waals surface area contributed by atoms with Crippen LogP contribution < -0.4 is 0 Å². The van der Waals surface area contributed by atoms with Crippen LogP contribution in [-0.4, -0.2) is 112 Å². The largest absolute Gasteiger partial charge is 0.481 e. The van der Waals surface area contributed by atoms with Gasteiger partial charge in [0.15, 0.2) is 0 Å². The van der Waals surface area contributed by atoms with E-state index in [1.54, 1.807) is 0 Å². The van der Waals surface area contributed by atoms with Gasteiger partial charge in [0.25, 0.3) is 0 Å². The summed E-state index contributed by atoms with van der Waals surface area (Å²) < 4.78 is 20.7. The summed E-state index contributed by atoms with van der Waals surface area (Å²) in [5.41, 5.74) is 0. The first-order chi connectivity index (χ1) is 26.4. The number of alkyl halides is 4. The average molecular weight is 1220 g/mol. The molecule has 57 heavy (non-hydrogen) atoms. The maximum Gasteiger partial charge on any atom is 0.310 e. The number of fused-ring (bicyclic) bond motifs is 4. The Bertz CT molecular complexity index is 1580. The molecule has 0 aromatic heterocycles. The predicted molar refractivity (Wildman–Crippen MR) is 195 cm³/mol. The summed E-state index contributed by atoms with van der Waals surface area (Å²) in [4.78, 5) is 90.1. The standard InChI is InChI=1S/4C9H9BrO4.Hf/c4*10-6-2-1-3-5(4(2)8(11)12)9(13)14-7(3)6;/h4*2-7H,1H2,(H,11,12);. The van der Waals surface area contributed by atoms with E-state index in [0.29, 0.717) is 0 Å². The number of carboxylic acids is 4. The summed E-state index contributed by atoms with van der Waals surface area (Å²) >= 11 is 13.8. The van der Waals surface area contributed by atoms with Crippen LogP contribution in [0.4, 0.5) is 0 Å². The zero-order valence-electron chi connectivity index (χ0n) is 29.4. The van der Waals surface area contributed by atoms with Crippen molar-refractivity contribution in [1.29, 1.82) is 0 Å². The van der Waals surface area contributed by atoms with E-state index >= 15 is 0 Å². The molecule has 4 aliphatic heterocycles. The molecule has 0 aromatic rings. The Labute approximate surface area is 376 Å². The number of carbonyl (C=O) groups excluding carboxylic acids is 4. The Morgan fingerprint density at radius 2 is 0.561 bits per heavy atom. The van der Waals surface area contributed by atoms with Gasteiger partial charge in [0.05, 0.1) is 66.7 Å². The molecule has 0 radical (unpaired) electrons. The number of ether oxygens (including phenoxy) is 4. The maximum atomic E-state index is 11.4. The molecule has 24 atom stereocenters. The fraction of sp³-hybridized carbons (Fsp3) is 0.778. The van der Waals surface area contributed by atoms with Gasteiger partial charge in [-0.05, 0) is 49.4 Å². The van der Waals surface area contributed by atoms with E-state index in [4.69, 9.17) is 39.4 Å². The summed E-state index contributed by atoms with van der Waals surface area (Å²) in [5.74, 6) is -7.48. The number of carboxylic acid groups (broad SMARTS) is 4. The molecule has 0 amide bonds. The van der Waals surface area contributed by atoms with Crippen LogP contribution >= 0.6 is 63.7 Å². The van der Waals surface area contributed by atoms with E-state index in [-0.39, 0.29) is 164 Å². The van der Waals surface area contributed by atoms with E-state index in [2.05, 4.69) is 63.7 Å². The van der Waals surface area contributed by atoms with Gasteiger partial charge in [-0.15, -0.1) is 0 Å². The minimum atomic E-state index is -0.857. The second-order valence-electron chi connectivity index (χ2n) is 17.2. The molecule has 4 N–H and O–H groups in total.